The summed E-state index contributed by atoms with van der Waals surface area (Å²) in [6, 6.07) is 15.0. The van der Waals surface area contributed by atoms with Gasteiger partial charge in [-0.1, -0.05) is 49.0 Å². The van der Waals surface area contributed by atoms with Gasteiger partial charge in [0.1, 0.15) is 10.9 Å². The highest BCUT2D eigenvalue weighted by Gasteiger charge is 2.14. The van der Waals surface area contributed by atoms with Gasteiger partial charge in [0.2, 0.25) is 0 Å². The first-order valence-electron chi connectivity index (χ1n) is 7.70. The van der Waals surface area contributed by atoms with Gasteiger partial charge in [-0.05, 0) is 24.6 Å². The van der Waals surface area contributed by atoms with E-state index < -0.39 is 0 Å². The standard InChI is InChI=1S/C18H17N3S2/c1-3-17-19-20-18(22-11-13-7-5-4-6-8-13)15-10-16-14(21(15)17)9-12(2)23-16/h4-10H,3,11H2,1-2H3. The van der Waals surface area contributed by atoms with Crippen molar-refractivity contribution in [1.29, 1.82) is 0 Å². The van der Waals surface area contributed by atoms with Crippen molar-refractivity contribution in [3.63, 3.8) is 0 Å². The van der Waals surface area contributed by atoms with Crippen molar-refractivity contribution in [2.75, 3.05) is 0 Å². The maximum absolute atomic E-state index is 4.49. The molecule has 0 saturated carbocycles. The fourth-order valence-corrected chi connectivity index (χ4v) is 4.64. The lowest BCUT2D eigenvalue weighted by Crippen LogP contribution is -2.03. The maximum Gasteiger partial charge on any atom is 0.143 e. The maximum atomic E-state index is 4.49. The number of rotatable bonds is 4. The number of benzene rings is 1. The molecule has 0 radical (unpaired) electrons. The van der Waals surface area contributed by atoms with Gasteiger partial charge in [-0.15, -0.1) is 21.5 Å². The SMILES string of the molecule is CCc1nnc(SCc2ccccc2)c2cc3sc(C)cc3n12. The number of nitrogens with zero attached hydrogens (tertiary/aromatic N) is 3. The molecule has 4 rings (SSSR count). The van der Waals surface area contributed by atoms with Gasteiger partial charge in [-0.2, -0.15) is 0 Å². The van der Waals surface area contributed by atoms with Crippen molar-refractivity contribution in [2.24, 2.45) is 0 Å². The fourth-order valence-electron chi connectivity index (χ4n) is 2.81. The molecule has 0 amide bonds. The van der Waals surface area contributed by atoms with Crippen LogP contribution in [-0.2, 0) is 12.2 Å². The Bertz CT molecular complexity index is 970. The quantitative estimate of drug-likeness (QED) is 0.484. The molecule has 3 heterocycles. The number of aromatic nitrogens is 3. The summed E-state index contributed by atoms with van der Waals surface area (Å²) in [6.07, 6.45) is 0.881. The third-order valence-corrected chi connectivity index (χ3v) is 5.91. The molecule has 0 bridgehead atoms. The van der Waals surface area contributed by atoms with E-state index in [-0.39, 0.29) is 0 Å². The van der Waals surface area contributed by atoms with Gasteiger partial charge < -0.3 is 0 Å². The van der Waals surface area contributed by atoms with Crippen LogP contribution in [0.4, 0.5) is 0 Å². The molecule has 1 aromatic carbocycles. The zero-order valence-electron chi connectivity index (χ0n) is 13.1. The summed E-state index contributed by atoms with van der Waals surface area (Å²) in [5, 5.41) is 9.96. The van der Waals surface area contributed by atoms with Gasteiger partial charge >= 0.3 is 0 Å². The minimum absolute atomic E-state index is 0.881. The summed E-state index contributed by atoms with van der Waals surface area (Å²) < 4.78 is 3.59. The van der Waals surface area contributed by atoms with Crippen LogP contribution >= 0.6 is 23.1 Å². The third kappa shape index (κ3) is 2.64. The Labute approximate surface area is 143 Å². The molecule has 3 nitrogen and oxygen atoms in total. The third-order valence-electron chi connectivity index (χ3n) is 3.88. The minimum atomic E-state index is 0.881. The van der Waals surface area contributed by atoms with E-state index in [4.69, 9.17) is 0 Å². The first-order chi connectivity index (χ1) is 11.3. The summed E-state index contributed by atoms with van der Waals surface area (Å²) in [5.41, 5.74) is 3.75. The van der Waals surface area contributed by atoms with Crippen LogP contribution < -0.4 is 0 Å². The number of thioether (sulfide) groups is 1. The lowest BCUT2D eigenvalue weighted by Gasteiger charge is -2.07. The number of hydrogen-bond acceptors (Lipinski definition) is 4. The Morgan fingerprint density at radius 2 is 1.91 bits per heavy atom. The average molecular weight is 339 g/mol. The monoisotopic (exact) mass is 339 g/mol. The summed E-state index contributed by atoms with van der Waals surface area (Å²) in [5.74, 6) is 1.94. The van der Waals surface area contributed by atoms with E-state index >= 15 is 0 Å². The predicted octanol–water partition coefficient (Wildman–Crippen LogP) is 5.11. The molecule has 0 N–H and O–H groups in total. The van der Waals surface area contributed by atoms with Gasteiger partial charge in [-0.25, -0.2) is 0 Å². The van der Waals surface area contributed by atoms with Crippen LogP contribution in [0, 0.1) is 6.92 Å². The molecular formula is C18H17N3S2. The summed E-state index contributed by atoms with van der Waals surface area (Å²) >= 11 is 3.59. The topological polar surface area (TPSA) is 30.2 Å². The second-order valence-electron chi connectivity index (χ2n) is 5.52. The highest BCUT2D eigenvalue weighted by molar-refractivity contribution is 7.98. The molecular weight excluding hydrogens is 322 g/mol. The zero-order chi connectivity index (χ0) is 15.8. The highest BCUT2D eigenvalue weighted by Crippen LogP contribution is 2.33. The molecule has 0 unspecified atom stereocenters. The van der Waals surface area contributed by atoms with E-state index in [1.54, 1.807) is 11.8 Å². The van der Waals surface area contributed by atoms with Gasteiger partial charge in [0.25, 0.3) is 0 Å². The molecule has 5 heteroatoms. The molecule has 23 heavy (non-hydrogen) atoms. The first-order valence-corrected chi connectivity index (χ1v) is 9.50. The van der Waals surface area contributed by atoms with E-state index in [1.165, 1.54) is 26.2 Å². The normalized spacial score (nSPS) is 11.6. The van der Waals surface area contributed by atoms with Crippen LogP contribution in [0.25, 0.3) is 15.7 Å². The highest BCUT2D eigenvalue weighted by atomic mass is 32.2. The van der Waals surface area contributed by atoms with Crippen LogP contribution in [0.15, 0.2) is 47.5 Å². The number of thiophene rings is 1. The molecule has 0 aliphatic carbocycles. The second kappa shape index (κ2) is 5.98. The van der Waals surface area contributed by atoms with Gasteiger partial charge in [0.15, 0.2) is 0 Å². The van der Waals surface area contributed by atoms with E-state index in [1.807, 2.05) is 17.4 Å². The van der Waals surface area contributed by atoms with Gasteiger partial charge in [0, 0.05) is 17.1 Å². The van der Waals surface area contributed by atoms with Crippen molar-refractivity contribution in [3.8, 4) is 0 Å². The Morgan fingerprint density at radius 3 is 2.70 bits per heavy atom. The van der Waals surface area contributed by atoms with Crippen LogP contribution in [-0.4, -0.2) is 14.6 Å². The molecule has 0 aliphatic heterocycles. The molecule has 0 fully saturated rings. The smallest absolute Gasteiger partial charge is 0.143 e. The average Bonchev–Trinajstić information content (AvgIpc) is 3.10. The van der Waals surface area contributed by atoms with Crippen molar-refractivity contribution < 1.29 is 0 Å². The second-order valence-corrected chi connectivity index (χ2v) is 7.77. The summed E-state index contributed by atoms with van der Waals surface area (Å²) in [6.45, 7) is 4.29. The number of aryl methyl sites for hydroxylation is 2. The largest absolute Gasteiger partial charge is 0.293 e. The van der Waals surface area contributed by atoms with Crippen molar-refractivity contribution in [3.05, 3.63) is 58.7 Å². The Balaban J connectivity index is 1.79. The number of fused-ring (bicyclic) bond motifs is 3. The molecule has 0 aliphatic rings. The van der Waals surface area contributed by atoms with Crippen molar-refractivity contribution in [1.82, 2.24) is 14.6 Å². The first kappa shape index (κ1) is 14.7. The van der Waals surface area contributed by atoms with Crippen LogP contribution in [0.2, 0.25) is 0 Å². The van der Waals surface area contributed by atoms with Crippen molar-refractivity contribution >= 4 is 38.8 Å². The fraction of sp³-hybridized carbons (Fsp3) is 0.222. The van der Waals surface area contributed by atoms with Gasteiger partial charge in [0.05, 0.1) is 15.7 Å². The Kier molecular flexibility index (Phi) is 3.83. The van der Waals surface area contributed by atoms with Crippen LogP contribution in [0.5, 0.6) is 0 Å². The lowest BCUT2D eigenvalue weighted by molar-refractivity contribution is 0.793. The van der Waals surface area contributed by atoms with E-state index in [0.29, 0.717) is 0 Å². The predicted molar refractivity (Wildman–Crippen MR) is 98.5 cm³/mol. The van der Waals surface area contributed by atoms with E-state index in [9.17, 15) is 0 Å². The molecule has 4 aromatic rings. The Hall–Kier alpha value is -1.85. The van der Waals surface area contributed by atoms with Gasteiger partial charge in [-0.3, -0.25) is 4.40 Å². The van der Waals surface area contributed by atoms with E-state index in [2.05, 4.69) is 64.8 Å². The summed E-state index contributed by atoms with van der Waals surface area (Å²) in [4.78, 5) is 1.33. The minimum Gasteiger partial charge on any atom is -0.293 e. The van der Waals surface area contributed by atoms with Crippen molar-refractivity contribution in [2.45, 2.75) is 31.0 Å². The molecule has 3 aromatic heterocycles. The Morgan fingerprint density at radius 1 is 1.09 bits per heavy atom. The molecule has 116 valence electrons. The van der Waals surface area contributed by atoms with Crippen LogP contribution in [0.1, 0.15) is 23.2 Å². The zero-order valence-corrected chi connectivity index (χ0v) is 14.7. The van der Waals surface area contributed by atoms with Crippen LogP contribution in [0.3, 0.4) is 0 Å². The molecule has 0 spiro atoms. The number of hydrogen-bond donors (Lipinski definition) is 0. The lowest BCUT2D eigenvalue weighted by atomic mass is 10.2. The molecule has 0 saturated heterocycles. The van der Waals surface area contributed by atoms with E-state index in [0.717, 1.165) is 23.0 Å². The molecule has 0 atom stereocenters. The summed E-state index contributed by atoms with van der Waals surface area (Å²) in [7, 11) is 0.